The zero-order valence-corrected chi connectivity index (χ0v) is 13.2. The second-order valence-corrected chi connectivity index (χ2v) is 7.49. The van der Waals surface area contributed by atoms with Crippen LogP contribution in [0.1, 0.15) is 25.3 Å². The lowest BCUT2D eigenvalue weighted by molar-refractivity contribution is 0.0386. The Morgan fingerprint density at radius 3 is 2.81 bits per heavy atom. The molecule has 118 valence electrons. The first-order valence-corrected chi connectivity index (χ1v) is 8.43. The number of hydrogen-bond donors (Lipinski definition) is 2. The lowest BCUT2D eigenvalue weighted by Gasteiger charge is -2.33. The van der Waals surface area contributed by atoms with Crippen LogP contribution in [-0.2, 0) is 21.3 Å². The first kappa shape index (κ1) is 16.6. The Bertz CT molecular complexity index is 631. The van der Waals surface area contributed by atoms with E-state index in [4.69, 9.17) is 22.1 Å². The number of halogens is 2. The molecule has 1 aliphatic heterocycles. The Balaban J connectivity index is 2.38. The maximum atomic E-state index is 14.2. The van der Waals surface area contributed by atoms with Crippen LogP contribution < -0.4 is 10.5 Å². The van der Waals surface area contributed by atoms with Gasteiger partial charge in [0.1, 0.15) is 10.7 Å². The SMILES string of the molecule is CC1(NS(=O)(=O)c2cc(Cl)cc(CN)c2F)CCCOC1. The van der Waals surface area contributed by atoms with Crippen molar-refractivity contribution in [1.82, 2.24) is 4.72 Å². The van der Waals surface area contributed by atoms with Gasteiger partial charge in [-0.3, -0.25) is 0 Å². The highest BCUT2D eigenvalue weighted by Crippen LogP contribution is 2.26. The van der Waals surface area contributed by atoms with Gasteiger partial charge in [-0.15, -0.1) is 0 Å². The van der Waals surface area contributed by atoms with E-state index in [9.17, 15) is 12.8 Å². The highest BCUT2D eigenvalue weighted by molar-refractivity contribution is 7.89. The molecule has 8 heteroatoms. The number of ether oxygens (including phenoxy) is 1. The summed E-state index contributed by atoms with van der Waals surface area (Å²) in [6, 6.07) is 2.41. The van der Waals surface area contributed by atoms with Gasteiger partial charge < -0.3 is 10.5 Å². The van der Waals surface area contributed by atoms with Crippen molar-refractivity contribution in [3.63, 3.8) is 0 Å². The molecular formula is C13H18ClFN2O3S. The summed E-state index contributed by atoms with van der Waals surface area (Å²) >= 11 is 5.85. The summed E-state index contributed by atoms with van der Waals surface area (Å²) in [6.45, 7) is 2.45. The van der Waals surface area contributed by atoms with Gasteiger partial charge in [0.2, 0.25) is 10.0 Å². The largest absolute Gasteiger partial charge is 0.380 e. The number of nitrogens with one attached hydrogen (secondary N) is 1. The summed E-state index contributed by atoms with van der Waals surface area (Å²) in [6.07, 6.45) is 1.36. The first-order chi connectivity index (χ1) is 9.77. The molecule has 1 aromatic carbocycles. The van der Waals surface area contributed by atoms with E-state index in [1.165, 1.54) is 6.07 Å². The molecule has 1 unspecified atom stereocenters. The van der Waals surface area contributed by atoms with Crippen molar-refractivity contribution in [2.45, 2.75) is 36.7 Å². The third-order valence-corrected chi connectivity index (χ3v) is 5.26. The first-order valence-electron chi connectivity index (χ1n) is 6.57. The minimum absolute atomic E-state index is 0.0629. The summed E-state index contributed by atoms with van der Waals surface area (Å²) in [4.78, 5) is -0.484. The maximum Gasteiger partial charge on any atom is 0.244 e. The Morgan fingerprint density at radius 2 is 2.24 bits per heavy atom. The molecule has 1 aliphatic rings. The Kier molecular flexibility index (Phi) is 4.89. The van der Waals surface area contributed by atoms with Crippen LogP contribution in [0.4, 0.5) is 4.39 Å². The van der Waals surface area contributed by atoms with Crippen LogP contribution >= 0.6 is 11.6 Å². The monoisotopic (exact) mass is 336 g/mol. The summed E-state index contributed by atoms with van der Waals surface area (Å²) in [5, 5.41) is 0.127. The molecule has 0 aromatic heterocycles. The van der Waals surface area contributed by atoms with Gasteiger partial charge in [-0.05, 0) is 31.9 Å². The molecule has 1 heterocycles. The molecule has 2 rings (SSSR count). The van der Waals surface area contributed by atoms with E-state index in [0.29, 0.717) is 13.0 Å². The van der Waals surface area contributed by atoms with Gasteiger partial charge in [-0.25, -0.2) is 17.5 Å². The number of nitrogens with two attached hydrogens (primary N) is 1. The zero-order chi connectivity index (χ0) is 15.7. The highest BCUT2D eigenvalue weighted by atomic mass is 35.5. The van der Waals surface area contributed by atoms with Crippen molar-refractivity contribution in [2.75, 3.05) is 13.2 Å². The molecule has 3 N–H and O–H groups in total. The highest BCUT2D eigenvalue weighted by Gasteiger charge is 2.34. The van der Waals surface area contributed by atoms with Gasteiger partial charge in [0.25, 0.3) is 0 Å². The molecule has 1 atom stereocenters. The summed E-state index contributed by atoms with van der Waals surface area (Å²) in [7, 11) is -4.05. The normalized spacial score (nSPS) is 23.2. The molecule has 0 bridgehead atoms. The number of rotatable bonds is 4. The zero-order valence-electron chi connectivity index (χ0n) is 11.7. The van der Waals surface area contributed by atoms with E-state index >= 15 is 0 Å². The molecule has 0 radical (unpaired) electrons. The summed E-state index contributed by atoms with van der Waals surface area (Å²) in [5.41, 5.74) is 4.72. The predicted molar refractivity (Wildman–Crippen MR) is 78.1 cm³/mol. The molecule has 5 nitrogen and oxygen atoms in total. The third-order valence-electron chi connectivity index (χ3n) is 3.41. The Hall–Kier alpha value is -0.730. The molecule has 0 saturated carbocycles. The van der Waals surface area contributed by atoms with E-state index in [-0.39, 0.29) is 23.7 Å². The Morgan fingerprint density at radius 1 is 1.52 bits per heavy atom. The number of benzene rings is 1. The van der Waals surface area contributed by atoms with Crippen LogP contribution in [0.25, 0.3) is 0 Å². The third kappa shape index (κ3) is 3.73. The number of hydrogen-bond acceptors (Lipinski definition) is 4. The lowest BCUT2D eigenvalue weighted by Crippen LogP contribution is -2.51. The van der Waals surface area contributed by atoms with Gasteiger partial charge in [0.05, 0.1) is 12.1 Å². The van der Waals surface area contributed by atoms with Gasteiger partial charge in [0, 0.05) is 23.7 Å². The molecule has 0 amide bonds. The summed E-state index contributed by atoms with van der Waals surface area (Å²) in [5.74, 6) is -0.866. The van der Waals surface area contributed by atoms with Crippen molar-refractivity contribution in [1.29, 1.82) is 0 Å². The van der Waals surface area contributed by atoms with E-state index in [1.54, 1.807) is 6.92 Å². The van der Waals surface area contributed by atoms with E-state index < -0.39 is 26.3 Å². The van der Waals surface area contributed by atoms with E-state index in [1.807, 2.05) is 0 Å². The van der Waals surface area contributed by atoms with Crippen molar-refractivity contribution in [3.05, 3.63) is 28.5 Å². The van der Waals surface area contributed by atoms with Crippen molar-refractivity contribution in [3.8, 4) is 0 Å². The fraction of sp³-hybridized carbons (Fsp3) is 0.538. The van der Waals surface area contributed by atoms with Gasteiger partial charge in [-0.2, -0.15) is 0 Å². The molecule has 0 spiro atoms. The minimum Gasteiger partial charge on any atom is -0.380 e. The quantitative estimate of drug-likeness (QED) is 0.878. The van der Waals surface area contributed by atoms with Crippen LogP contribution in [0, 0.1) is 5.82 Å². The van der Waals surface area contributed by atoms with E-state index in [2.05, 4.69) is 4.72 Å². The van der Waals surface area contributed by atoms with Crippen LogP contribution in [-0.4, -0.2) is 27.2 Å². The molecule has 1 saturated heterocycles. The predicted octanol–water partition coefficient (Wildman–Crippen LogP) is 1.79. The molecule has 1 fully saturated rings. The topological polar surface area (TPSA) is 81.4 Å². The number of sulfonamides is 1. The molecule has 1 aromatic rings. The van der Waals surface area contributed by atoms with Crippen molar-refractivity contribution in [2.24, 2.45) is 5.73 Å². The standard InChI is InChI=1S/C13H18ClFN2O3S/c1-13(3-2-4-20-8-13)17-21(18,19)11-6-10(14)5-9(7-16)12(11)15/h5-6,17H,2-4,7-8,16H2,1H3. The van der Waals surface area contributed by atoms with Crippen LogP contribution in [0.3, 0.4) is 0 Å². The van der Waals surface area contributed by atoms with Crippen molar-refractivity contribution < 1.29 is 17.5 Å². The maximum absolute atomic E-state index is 14.2. The van der Waals surface area contributed by atoms with Gasteiger partial charge in [-0.1, -0.05) is 11.6 Å². The van der Waals surface area contributed by atoms with Gasteiger partial charge in [0.15, 0.2) is 0 Å². The average molecular weight is 337 g/mol. The van der Waals surface area contributed by atoms with Crippen LogP contribution in [0.2, 0.25) is 5.02 Å². The average Bonchev–Trinajstić information content (AvgIpc) is 2.40. The lowest BCUT2D eigenvalue weighted by atomic mass is 9.97. The van der Waals surface area contributed by atoms with Crippen LogP contribution in [0.5, 0.6) is 0 Å². The molecule has 21 heavy (non-hydrogen) atoms. The second kappa shape index (κ2) is 6.18. The molecular weight excluding hydrogens is 319 g/mol. The van der Waals surface area contributed by atoms with Crippen molar-refractivity contribution >= 4 is 21.6 Å². The fourth-order valence-electron chi connectivity index (χ4n) is 2.36. The second-order valence-electron chi connectivity index (χ2n) is 5.40. The fourth-order valence-corrected chi connectivity index (χ4v) is 4.23. The Labute approximate surface area is 128 Å². The smallest absolute Gasteiger partial charge is 0.244 e. The summed E-state index contributed by atoms with van der Waals surface area (Å²) < 4.78 is 46.9. The van der Waals surface area contributed by atoms with E-state index in [0.717, 1.165) is 12.5 Å². The van der Waals surface area contributed by atoms with Gasteiger partial charge >= 0.3 is 0 Å². The van der Waals surface area contributed by atoms with Crippen LogP contribution in [0.15, 0.2) is 17.0 Å². The molecule has 0 aliphatic carbocycles. The minimum atomic E-state index is -4.05.